The van der Waals surface area contributed by atoms with Crippen LogP contribution in [0.2, 0.25) is 0 Å². The molecule has 114 valence electrons. The molecule has 0 unspecified atom stereocenters. The number of anilines is 1. The molecule has 0 aliphatic heterocycles. The highest BCUT2D eigenvalue weighted by Gasteiger charge is 2.53. The molecule has 1 aromatic rings. The van der Waals surface area contributed by atoms with Gasteiger partial charge in [-0.15, -0.1) is 10.2 Å². The third kappa shape index (κ3) is 2.38. The van der Waals surface area contributed by atoms with Gasteiger partial charge in [0.2, 0.25) is 11.0 Å². The summed E-state index contributed by atoms with van der Waals surface area (Å²) in [6, 6.07) is 0. The number of nitrogens with one attached hydrogen (secondary N) is 2. The Morgan fingerprint density at radius 2 is 1.81 bits per heavy atom. The minimum atomic E-state index is -0.0503. The average molecular weight is 306 g/mol. The van der Waals surface area contributed by atoms with Gasteiger partial charge in [0, 0.05) is 5.41 Å². The van der Waals surface area contributed by atoms with Crippen LogP contribution >= 0.6 is 11.3 Å². The molecule has 21 heavy (non-hydrogen) atoms. The van der Waals surface area contributed by atoms with E-state index in [0.29, 0.717) is 11.7 Å². The van der Waals surface area contributed by atoms with Crippen LogP contribution in [0.4, 0.5) is 5.13 Å². The highest BCUT2D eigenvalue weighted by atomic mass is 32.1. The van der Waals surface area contributed by atoms with Crippen LogP contribution < -0.4 is 10.6 Å². The van der Waals surface area contributed by atoms with Crippen molar-refractivity contribution in [3.05, 3.63) is 5.01 Å². The van der Waals surface area contributed by atoms with Gasteiger partial charge in [0.25, 0.3) is 0 Å². The fourth-order valence-electron chi connectivity index (χ4n) is 5.18. The Morgan fingerprint density at radius 3 is 2.38 bits per heavy atom. The highest BCUT2D eigenvalue weighted by molar-refractivity contribution is 7.15. The Hall–Kier alpha value is -1.01. The van der Waals surface area contributed by atoms with Crippen LogP contribution in [0.1, 0.15) is 43.5 Å². The monoisotopic (exact) mass is 306 g/mol. The molecule has 0 saturated heterocycles. The van der Waals surface area contributed by atoms with E-state index in [1.807, 2.05) is 0 Å². The molecule has 4 aliphatic carbocycles. The van der Waals surface area contributed by atoms with Gasteiger partial charge in [0.1, 0.15) is 5.01 Å². The predicted octanol–water partition coefficient (Wildman–Crippen LogP) is 2.16. The first-order valence-electron chi connectivity index (χ1n) is 7.95. The summed E-state index contributed by atoms with van der Waals surface area (Å²) in [7, 11) is 1.76. The molecule has 6 heteroatoms. The van der Waals surface area contributed by atoms with Crippen LogP contribution in [0.25, 0.3) is 0 Å². The second kappa shape index (κ2) is 5.02. The van der Waals surface area contributed by atoms with Gasteiger partial charge in [-0.3, -0.25) is 10.1 Å². The van der Waals surface area contributed by atoms with Gasteiger partial charge in [-0.2, -0.15) is 0 Å². The lowest BCUT2D eigenvalue weighted by Gasteiger charge is -2.55. The number of carbonyl (C=O) groups is 1. The van der Waals surface area contributed by atoms with E-state index in [2.05, 4.69) is 20.8 Å². The smallest absolute Gasteiger partial charge is 0.240 e. The number of carbonyl (C=O) groups excluding carboxylic acids is 1. The maximum absolute atomic E-state index is 11.6. The third-order valence-electron chi connectivity index (χ3n) is 5.50. The second-order valence-corrected chi connectivity index (χ2v) is 8.17. The number of rotatable bonds is 4. The summed E-state index contributed by atoms with van der Waals surface area (Å²) in [6.07, 6.45) is 8.17. The maximum Gasteiger partial charge on any atom is 0.240 e. The van der Waals surface area contributed by atoms with Crippen molar-refractivity contribution >= 4 is 22.4 Å². The van der Waals surface area contributed by atoms with Crippen LogP contribution in [0, 0.1) is 17.8 Å². The van der Waals surface area contributed by atoms with Crippen LogP contribution in [0.15, 0.2) is 0 Å². The average Bonchev–Trinajstić information content (AvgIpc) is 2.86. The number of nitrogens with zero attached hydrogens (tertiary/aromatic N) is 2. The predicted molar refractivity (Wildman–Crippen MR) is 82.3 cm³/mol. The Labute approximate surface area is 128 Å². The van der Waals surface area contributed by atoms with Crippen molar-refractivity contribution in [3.63, 3.8) is 0 Å². The van der Waals surface area contributed by atoms with E-state index >= 15 is 0 Å². The highest BCUT2D eigenvalue weighted by Crippen LogP contribution is 2.61. The number of likely N-dealkylation sites (N-methyl/N-ethyl adjacent to an activating group) is 1. The molecule has 1 amide bonds. The van der Waals surface area contributed by atoms with Crippen LogP contribution in [-0.4, -0.2) is 29.7 Å². The van der Waals surface area contributed by atoms with E-state index in [1.54, 1.807) is 18.4 Å². The van der Waals surface area contributed by atoms with E-state index < -0.39 is 0 Å². The van der Waals surface area contributed by atoms with Gasteiger partial charge < -0.3 is 5.32 Å². The van der Waals surface area contributed by atoms with Crippen LogP contribution in [-0.2, 0) is 10.2 Å². The zero-order valence-electron chi connectivity index (χ0n) is 12.4. The molecule has 4 bridgehead atoms. The Bertz CT molecular complexity index is 520. The SMILES string of the molecule is CNCC(=O)Nc1nnc(C23CC4CC(CC(C4)C2)C3)s1. The maximum atomic E-state index is 11.6. The molecule has 0 atom stereocenters. The van der Waals surface area contributed by atoms with Crippen molar-refractivity contribution in [1.82, 2.24) is 15.5 Å². The van der Waals surface area contributed by atoms with Gasteiger partial charge in [-0.05, 0) is 63.3 Å². The molecule has 0 radical (unpaired) electrons. The number of aromatic nitrogens is 2. The molecular formula is C15H22N4OS. The lowest BCUT2D eigenvalue weighted by molar-refractivity contribution is -0.115. The van der Waals surface area contributed by atoms with E-state index in [-0.39, 0.29) is 11.3 Å². The molecule has 4 aliphatic rings. The summed E-state index contributed by atoms with van der Waals surface area (Å²) in [6.45, 7) is 0.312. The fourth-order valence-corrected chi connectivity index (χ4v) is 6.16. The molecule has 0 aromatic carbocycles. The molecule has 4 saturated carbocycles. The van der Waals surface area contributed by atoms with E-state index in [0.717, 1.165) is 17.8 Å². The zero-order chi connectivity index (χ0) is 14.4. The molecule has 5 nitrogen and oxygen atoms in total. The number of hydrogen-bond acceptors (Lipinski definition) is 5. The summed E-state index contributed by atoms with van der Waals surface area (Å²) in [5.41, 5.74) is 0.276. The van der Waals surface area contributed by atoms with Crippen molar-refractivity contribution in [2.45, 2.75) is 43.9 Å². The van der Waals surface area contributed by atoms with Crippen LogP contribution in [0.5, 0.6) is 0 Å². The first-order chi connectivity index (χ1) is 10.2. The Kier molecular flexibility index (Phi) is 3.26. The van der Waals surface area contributed by atoms with E-state index in [4.69, 9.17) is 0 Å². The Morgan fingerprint density at radius 1 is 1.19 bits per heavy atom. The second-order valence-electron chi connectivity index (χ2n) is 7.19. The molecule has 4 fully saturated rings. The topological polar surface area (TPSA) is 66.9 Å². The molecule has 5 rings (SSSR count). The quantitative estimate of drug-likeness (QED) is 0.894. The van der Waals surface area contributed by atoms with Gasteiger partial charge in [-0.25, -0.2) is 0 Å². The standard InChI is InChI=1S/C15H22N4OS/c1-16-8-12(20)17-14-19-18-13(21-14)15-5-9-2-10(6-15)4-11(3-9)7-15/h9-11,16H,2-8H2,1H3,(H,17,19,20). The van der Waals surface area contributed by atoms with Crippen LogP contribution in [0.3, 0.4) is 0 Å². The molecule has 1 aromatic heterocycles. The molecule has 1 heterocycles. The van der Waals surface area contributed by atoms with Crippen molar-refractivity contribution in [1.29, 1.82) is 0 Å². The summed E-state index contributed by atoms with van der Waals surface area (Å²) < 4.78 is 0. The Balaban J connectivity index is 1.54. The first-order valence-corrected chi connectivity index (χ1v) is 8.77. The van der Waals surface area contributed by atoms with Gasteiger partial charge in [-0.1, -0.05) is 11.3 Å². The first kappa shape index (κ1) is 13.6. The van der Waals surface area contributed by atoms with Crippen molar-refractivity contribution in [2.75, 3.05) is 18.9 Å². The van der Waals surface area contributed by atoms with Crippen molar-refractivity contribution in [2.24, 2.45) is 17.8 Å². The minimum absolute atomic E-state index is 0.0503. The number of hydrogen-bond donors (Lipinski definition) is 2. The van der Waals surface area contributed by atoms with E-state index in [1.165, 1.54) is 43.5 Å². The fraction of sp³-hybridized carbons (Fsp3) is 0.800. The van der Waals surface area contributed by atoms with Crippen molar-refractivity contribution < 1.29 is 4.79 Å². The molecular weight excluding hydrogens is 284 g/mol. The lowest BCUT2D eigenvalue weighted by atomic mass is 9.50. The van der Waals surface area contributed by atoms with Gasteiger partial charge in [0.15, 0.2) is 0 Å². The normalized spacial score (nSPS) is 36.9. The third-order valence-corrected chi connectivity index (χ3v) is 6.59. The summed E-state index contributed by atoms with van der Waals surface area (Å²) >= 11 is 1.59. The largest absolute Gasteiger partial charge is 0.311 e. The summed E-state index contributed by atoms with van der Waals surface area (Å²) in [5, 5.41) is 16.2. The minimum Gasteiger partial charge on any atom is -0.311 e. The van der Waals surface area contributed by atoms with E-state index in [9.17, 15) is 4.79 Å². The number of amides is 1. The van der Waals surface area contributed by atoms with Gasteiger partial charge >= 0.3 is 0 Å². The zero-order valence-corrected chi connectivity index (χ0v) is 13.2. The lowest BCUT2D eigenvalue weighted by Crippen LogP contribution is -2.48. The summed E-state index contributed by atoms with van der Waals surface area (Å²) in [5.74, 6) is 2.66. The van der Waals surface area contributed by atoms with Crippen molar-refractivity contribution in [3.8, 4) is 0 Å². The molecule has 0 spiro atoms. The summed E-state index contributed by atoms with van der Waals surface area (Å²) in [4.78, 5) is 11.6. The van der Waals surface area contributed by atoms with Gasteiger partial charge in [0.05, 0.1) is 6.54 Å². The molecule has 2 N–H and O–H groups in total.